The second-order valence-corrected chi connectivity index (χ2v) is 3.15. The molecular weight excluding hydrogens is 190 g/mol. The van der Waals surface area contributed by atoms with Crippen LogP contribution in [0.5, 0.6) is 0 Å². The highest BCUT2D eigenvalue weighted by Crippen LogP contribution is 2.12. The fourth-order valence-corrected chi connectivity index (χ4v) is 1.27. The first-order chi connectivity index (χ1) is 7.40. The van der Waals surface area contributed by atoms with Gasteiger partial charge in [0.05, 0.1) is 6.20 Å². The zero-order chi connectivity index (χ0) is 10.5. The van der Waals surface area contributed by atoms with Crippen LogP contribution in [0.25, 0.3) is 11.4 Å². The second-order valence-electron chi connectivity index (χ2n) is 3.15. The quantitative estimate of drug-likeness (QED) is 0.777. The van der Waals surface area contributed by atoms with Crippen molar-refractivity contribution >= 4 is 0 Å². The second kappa shape index (κ2) is 4.65. The highest BCUT2D eigenvalue weighted by Gasteiger charge is 2.03. The first-order valence-corrected chi connectivity index (χ1v) is 4.91. The Kier molecular flexibility index (Phi) is 3.04. The average Bonchev–Trinajstić information content (AvgIpc) is 2.76. The summed E-state index contributed by atoms with van der Waals surface area (Å²) in [4.78, 5) is 8.18. The fourth-order valence-electron chi connectivity index (χ4n) is 1.27. The van der Waals surface area contributed by atoms with Gasteiger partial charge in [0, 0.05) is 24.6 Å². The molecule has 2 aromatic heterocycles. The van der Waals surface area contributed by atoms with E-state index in [0.717, 1.165) is 30.2 Å². The minimum Gasteiger partial charge on any atom is -0.311 e. The zero-order valence-corrected chi connectivity index (χ0v) is 8.57. The van der Waals surface area contributed by atoms with Crippen molar-refractivity contribution < 1.29 is 0 Å². The van der Waals surface area contributed by atoms with Crippen LogP contribution in [0.3, 0.4) is 0 Å². The third-order valence-electron chi connectivity index (χ3n) is 2.02. The van der Waals surface area contributed by atoms with Gasteiger partial charge >= 0.3 is 0 Å². The molecule has 0 radical (unpaired) electrons. The molecule has 5 nitrogen and oxygen atoms in total. The number of rotatable bonds is 4. The summed E-state index contributed by atoms with van der Waals surface area (Å²) in [5.74, 6) is 0. The van der Waals surface area contributed by atoms with Crippen LogP contribution in [0.4, 0.5) is 0 Å². The standard InChI is InChI=1S/C10H13N5/c1-2-11-6-8-5-9(15-14-8)10-7-12-3-4-13-10/h3-5,7,11H,2,6H2,1H3,(H,14,15). The van der Waals surface area contributed by atoms with Gasteiger partial charge in [0.15, 0.2) is 0 Å². The molecule has 0 fully saturated rings. The average molecular weight is 203 g/mol. The van der Waals surface area contributed by atoms with Crippen molar-refractivity contribution in [2.24, 2.45) is 0 Å². The van der Waals surface area contributed by atoms with E-state index in [1.54, 1.807) is 18.6 Å². The van der Waals surface area contributed by atoms with E-state index < -0.39 is 0 Å². The lowest BCUT2D eigenvalue weighted by atomic mass is 10.3. The lowest BCUT2D eigenvalue weighted by molar-refractivity contribution is 0.707. The SMILES string of the molecule is CCNCc1cc(-c2cnccn2)n[nH]1. The van der Waals surface area contributed by atoms with Gasteiger partial charge < -0.3 is 5.32 Å². The number of hydrogen-bond acceptors (Lipinski definition) is 4. The molecule has 0 aliphatic rings. The maximum atomic E-state index is 4.18. The Balaban J connectivity index is 2.14. The predicted octanol–water partition coefficient (Wildman–Crippen LogP) is 0.976. The monoisotopic (exact) mass is 203 g/mol. The molecule has 2 aromatic rings. The van der Waals surface area contributed by atoms with Crippen molar-refractivity contribution in [1.82, 2.24) is 25.5 Å². The van der Waals surface area contributed by atoms with Gasteiger partial charge in [0.25, 0.3) is 0 Å². The molecule has 0 saturated heterocycles. The van der Waals surface area contributed by atoms with Gasteiger partial charge in [-0.3, -0.25) is 15.1 Å². The van der Waals surface area contributed by atoms with Crippen LogP contribution in [0, 0.1) is 0 Å². The minimum absolute atomic E-state index is 0.788. The number of hydrogen-bond donors (Lipinski definition) is 2. The summed E-state index contributed by atoms with van der Waals surface area (Å²) < 4.78 is 0. The summed E-state index contributed by atoms with van der Waals surface area (Å²) in [6, 6.07) is 1.98. The number of aromatic nitrogens is 4. The maximum Gasteiger partial charge on any atom is 0.112 e. The van der Waals surface area contributed by atoms with Crippen LogP contribution in [0.2, 0.25) is 0 Å². The van der Waals surface area contributed by atoms with Crippen molar-refractivity contribution in [3.05, 3.63) is 30.4 Å². The topological polar surface area (TPSA) is 66.5 Å². The van der Waals surface area contributed by atoms with E-state index in [-0.39, 0.29) is 0 Å². The van der Waals surface area contributed by atoms with Crippen molar-refractivity contribution in [3.63, 3.8) is 0 Å². The summed E-state index contributed by atoms with van der Waals surface area (Å²) >= 11 is 0. The van der Waals surface area contributed by atoms with E-state index in [2.05, 4.69) is 32.4 Å². The van der Waals surface area contributed by atoms with Crippen molar-refractivity contribution in [3.8, 4) is 11.4 Å². The Morgan fingerprint density at radius 3 is 3.00 bits per heavy atom. The Labute approximate surface area is 88.0 Å². The molecule has 5 heteroatoms. The van der Waals surface area contributed by atoms with E-state index in [1.165, 1.54) is 0 Å². The number of H-pyrrole nitrogens is 1. The number of nitrogens with one attached hydrogen (secondary N) is 2. The lowest BCUT2D eigenvalue weighted by Gasteiger charge is -1.95. The van der Waals surface area contributed by atoms with Gasteiger partial charge in [-0.2, -0.15) is 5.10 Å². The van der Waals surface area contributed by atoms with E-state index in [4.69, 9.17) is 0 Å². The van der Waals surface area contributed by atoms with Gasteiger partial charge in [-0.1, -0.05) is 6.92 Å². The molecule has 2 N–H and O–H groups in total. The molecule has 0 atom stereocenters. The van der Waals surface area contributed by atoms with Gasteiger partial charge in [0.1, 0.15) is 11.4 Å². The van der Waals surface area contributed by atoms with Crippen molar-refractivity contribution in [1.29, 1.82) is 0 Å². The Bertz CT molecular complexity index is 409. The molecule has 0 saturated carbocycles. The van der Waals surface area contributed by atoms with Gasteiger partial charge in [-0.05, 0) is 12.6 Å². The Morgan fingerprint density at radius 1 is 1.33 bits per heavy atom. The molecule has 0 bridgehead atoms. The van der Waals surface area contributed by atoms with E-state index in [1.807, 2.05) is 6.07 Å². The molecule has 0 aliphatic heterocycles. The molecule has 0 aliphatic carbocycles. The Morgan fingerprint density at radius 2 is 2.27 bits per heavy atom. The molecule has 2 rings (SSSR count). The maximum absolute atomic E-state index is 4.18. The zero-order valence-electron chi connectivity index (χ0n) is 8.57. The summed E-state index contributed by atoms with van der Waals surface area (Å²) in [6.07, 6.45) is 5.01. The first kappa shape index (κ1) is 9.79. The minimum atomic E-state index is 0.788. The van der Waals surface area contributed by atoms with Crippen LogP contribution < -0.4 is 5.32 Å². The van der Waals surface area contributed by atoms with E-state index in [9.17, 15) is 0 Å². The number of aromatic amines is 1. The molecule has 2 heterocycles. The molecule has 0 amide bonds. The largest absolute Gasteiger partial charge is 0.311 e. The van der Waals surface area contributed by atoms with E-state index in [0.29, 0.717) is 0 Å². The van der Waals surface area contributed by atoms with Crippen LogP contribution in [-0.2, 0) is 6.54 Å². The van der Waals surface area contributed by atoms with Gasteiger partial charge in [-0.15, -0.1) is 0 Å². The highest BCUT2D eigenvalue weighted by atomic mass is 15.1. The summed E-state index contributed by atoms with van der Waals surface area (Å²) in [6.45, 7) is 3.81. The summed E-state index contributed by atoms with van der Waals surface area (Å²) in [5.41, 5.74) is 2.67. The molecule has 0 aromatic carbocycles. The van der Waals surface area contributed by atoms with Crippen LogP contribution in [0.15, 0.2) is 24.7 Å². The molecule has 15 heavy (non-hydrogen) atoms. The molecular formula is C10H13N5. The van der Waals surface area contributed by atoms with E-state index >= 15 is 0 Å². The van der Waals surface area contributed by atoms with Crippen molar-refractivity contribution in [2.75, 3.05) is 6.54 Å². The van der Waals surface area contributed by atoms with Gasteiger partial charge in [-0.25, -0.2) is 0 Å². The van der Waals surface area contributed by atoms with Crippen molar-refractivity contribution in [2.45, 2.75) is 13.5 Å². The third-order valence-corrected chi connectivity index (χ3v) is 2.02. The predicted molar refractivity (Wildman–Crippen MR) is 57.0 cm³/mol. The normalized spacial score (nSPS) is 10.5. The first-order valence-electron chi connectivity index (χ1n) is 4.91. The van der Waals surface area contributed by atoms with Crippen LogP contribution in [-0.4, -0.2) is 26.7 Å². The number of nitrogens with zero attached hydrogens (tertiary/aromatic N) is 3. The van der Waals surface area contributed by atoms with Gasteiger partial charge in [0.2, 0.25) is 0 Å². The molecule has 0 spiro atoms. The smallest absolute Gasteiger partial charge is 0.112 e. The third kappa shape index (κ3) is 2.38. The summed E-state index contributed by atoms with van der Waals surface area (Å²) in [5, 5.41) is 10.4. The Hall–Kier alpha value is -1.75. The van der Waals surface area contributed by atoms with Crippen LogP contribution in [0.1, 0.15) is 12.6 Å². The van der Waals surface area contributed by atoms with Crippen LogP contribution >= 0.6 is 0 Å². The fraction of sp³-hybridized carbons (Fsp3) is 0.300. The summed E-state index contributed by atoms with van der Waals surface area (Å²) in [7, 11) is 0. The molecule has 0 unspecified atom stereocenters. The lowest BCUT2D eigenvalue weighted by Crippen LogP contribution is -2.11. The highest BCUT2D eigenvalue weighted by molar-refractivity contribution is 5.52. The molecule has 78 valence electrons.